The number of hydrogen-bond acceptors (Lipinski definition) is 3. The molecule has 0 fully saturated rings. The standard InChI is InChI=1S/C30H23BrO3/c1-2-19-13-15-25-29(34)23(20-9-5-3-6-10-20)18-27(33)30(25,21-11-7-4-8-12-21)28(19)24-17-22(31)14-16-26(24)32/h2-14,16-18,25,28,32H,1,15H2/t25-,28+,30-/m0/s1. The fourth-order valence-corrected chi connectivity index (χ4v) is 5.99. The molecular weight excluding hydrogens is 488 g/mol. The molecule has 0 amide bonds. The summed E-state index contributed by atoms with van der Waals surface area (Å²) < 4.78 is 0.782. The Hall–Kier alpha value is -3.50. The number of benzene rings is 3. The Morgan fingerprint density at radius 2 is 1.65 bits per heavy atom. The fourth-order valence-electron chi connectivity index (χ4n) is 5.61. The first kappa shape index (κ1) is 22.3. The first-order valence-electron chi connectivity index (χ1n) is 11.2. The molecule has 0 aliphatic heterocycles. The molecule has 0 heterocycles. The van der Waals surface area contributed by atoms with Crippen molar-refractivity contribution in [1.29, 1.82) is 0 Å². The van der Waals surface area contributed by atoms with E-state index in [9.17, 15) is 14.7 Å². The van der Waals surface area contributed by atoms with E-state index in [4.69, 9.17) is 0 Å². The number of carbonyl (C=O) groups excluding carboxylic acids is 2. The Kier molecular flexibility index (Phi) is 5.70. The summed E-state index contributed by atoms with van der Waals surface area (Å²) in [6.07, 6.45) is 5.65. The van der Waals surface area contributed by atoms with Crippen LogP contribution in [0.3, 0.4) is 0 Å². The van der Waals surface area contributed by atoms with Crippen LogP contribution in [-0.2, 0) is 15.0 Å². The van der Waals surface area contributed by atoms with Crippen LogP contribution in [0.5, 0.6) is 5.75 Å². The van der Waals surface area contributed by atoms with E-state index >= 15 is 0 Å². The molecule has 168 valence electrons. The van der Waals surface area contributed by atoms with Gasteiger partial charge in [0.05, 0.1) is 5.41 Å². The van der Waals surface area contributed by atoms with Crippen LogP contribution in [0.2, 0.25) is 0 Å². The molecule has 34 heavy (non-hydrogen) atoms. The highest BCUT2D eigenvalue weighted by Gasteiger charge is 2.59. The van der Waals surface area contributed by atoms with Gasteiger partial charge in [-0.15, -0.1) is 0 Å². The lowest BCUT2D eigenvalue weighted by molar-refractivity contribution is -0.131. The molecule has 2 aliphatic carbocycles. The maximum atomic E-state index is 14.3. The number of phenols is 1. The number of hydrogen-bond donors (Lipinski definition) is 1. The van der Waals surface area contributed by atoms with Crippen molar-refractivity contribution in [3.05, 3.63) is 130 Å². The number of fused-ring (bicyclic) bond motifs is 1. The Morgan fingerprint density at radius 3 is 2.32 bits per heavy atom. The largest absolute Gasteiger partial charge is 0.508 e. The summed E-state index contributed by atoms with van der Waals surface area (Å²) in [7, 11) is 0. The second kappa shape index (κ2) is 8.69. The van der Waals surface area contributed by atoms with E-state index in [-0.39, 0.29) is 17.3 Å². The minimum atomic E-state index is -1.20. The highest BCUT2D eigenvalue weighted by atomic mass is 79.9. The van der Waals surface area contributed by atoms with E-state index in [2.05, 4.69) is 22.5 Å². The van der Waals surface area contributed by atoms with Gasteiger partial charge in [-0.2, -0.15) is 0 Å². The molecule has 3 atom stereocenters. The van der Waals surface area contributed by atoms with Crippen molar-refractivity contribution in [2.45, 2.75) is 17.8 Å². The second-order valence-electron chi connectivity index (χ2n) is 8.72. The summed E-state index contributed by atoms with van der Waals surface area (Å²) in [5, 5.41) is 10.9. The smallest absolute Gasteiger partial charge is 0.168 e. The summed E-state index contributed by atoms with van der Waals surface area (Å²) in [5.74, 6) is -1.31. The van der Waals surface area contributed by atoms with E-state index in [0.29, 0.717) is 17.6 Å². The van der Waals surface area contributed by atoms with Gasteiger partial charge in [-0.25, -0.2) is 0 Å². The third kappa shape index (κ3) is 3.33. The number of Topliss-reactive ketones (excluding diaryl/α,β-unsaturated/α-hetero) is 1. The average Bonchev–Trinajstić information content (AvgIpc) is 2.87. The van der Waals surface area contributed by atoms with E-state index in [1.165, 1.54) is 6.08 Å². The molecule has 3 aromatic rings. The lowest BCUT2D eigenvalue weighted by atomic mass is 9.50. The second-order valence-corrected chi connectivity index (χ2v) is 9.64. The lowest BCUT2D eigenvalue weighted by Gasteiger charge is -2.49. The molecule has 4 heteroatoms. The Balaban J connectivity index is 1.84. The van der Waals surface area contributed by atoms with Gasteiger partial charge in [-0.05, 0) is 47.4 Å². The van der Waals surface area contributed by atoms with E-state index in [0.717, 1.165) is 21.2 Å². The molecule has 0 radical (unpaired) electrons. The van der Waals surface area contributed by atoms with Gasteiger partial charge in [0.2, 0.25) is 0 Å². The van der Waals surface area contributed by atoms with Crippen molar-refractivity contribution in [3.8, 4) is 5.75 Å². The topological polar surface area (TPSA) is 54.4 Å². The van der Waals surface area contributed by atoms with E-state index in [1.54, 1.807) is 18.2 Å². The van der Waals surface area contributed by atoms with Crippen molar-refractivity contribution in [3.63, 3.8) is 0 Å². The van der Waals surface area contributed by atoms with Crippen LogP contribution < -0.4 is 0 Å². The van der Waals surface area contributed by atoms with Gasteiger partial charge in [0.25, 0.3) is 0 Å². The number of ketones is 2. The van der Waals surface area contributed by atoms with Crippen molar-refractivity contribution in [2.24, 2.45) is 5.92 Å². The molecule has 0 aromatic heterocycles. The van der Waals surface area contributed by atoms with Crippen LogP contribution in [0.15, 0.2) is 114 Å². The molecule has 0 saturated carbocycles. The summed E-state index contributed by atoms with van der Waals surface area (Å²) in [4.78, 5) is 28.4. The van der Waals surface area contributed by atoms with Crippen LogP contribution >= 0.6 is 15.9 Å². The summed E-state index contributed by atoms with van der Waals surface area (Å²) in [6, 6.07) is 24.0. The molecule has 0 unspecified atom stereocenters. The zero-order chi connectivity index (χ0) is 23.9. The number of aromatic hydroxyl groups is 1. The molecule has 2 aliphatic rings. The molecule has 0 saturated heterocycles. The number of rotatable bonds is 4. The van der Waals surface area contributed by atoms with Crippen LogP contribution in [-0.4, -0.2) is 16.7 Å². The van der Waals surface area contributed by atoms with Crippen LogP contribution in [0.1, 0.15) is 29.0 Å². The molecule has 3 aromatic carbocycles. The first-order chi connectivity index (χ1) is 16.5. The number of allylic oxidation sites excluding steroid dienone is 5. The zero-order valence-corrected chi connectivity index (χ0v) is 20.0. The third-order valence-corrected chi connectivity index (χ3v) is 7.56. The van der Waals surface area contributed by atoms with Gasteiger partial charge in [0.1, 0.15) is 5.75 Å². The third-order valence-electron chi connectivity index (χ3n) is 7.07. The van der Waals surface area contributed by atoms with E-state index in [1.807, 2.05) is 72.8 Å². The number of phenolic OH excluding ortho intramolecular Hbond substituents is 1. The minimum absolute atomic E-state index is 0.0616. The lowest BCUT2D eigenvalue weighted by Crippen LogP contribution is -2.54. The number of carbonyl (C=O) groups is 2. The Morgan fingerprint density at radius 1 is 0.971 bits per heavy atom. The maximum absolute atomic E-state index is 14.3. The van der Waals surface area contributed by atoms with E-state index < -0.39 is 17.3 Å². The SMILES string of the molecule is C=CC1=CC[C@H]2C(=O)C(c3ccccc3)=CC(=O)[C@@]2(c2ccccc2)[C@H]1c1cc(Br)ccc1O. The summed E-state index contributed by atoms with van der Waals surface area (Å²) in [6.45, 7) is 4.01. The molecule has 0 bridgehead atoms. The average molecular weight is 511 g/mol. The quantitative estimate of drug-likeness (QED) is 0.433. The van der Waals surface area contributed by atoms with Crippen molar-refractivity contribution in [2.75, 3.05) is 0 Å². The predicted molar refractivity (Wildman–Crippen MR) is 137 cm³/mol. The molecular formula is C30H23BrO3. The molecule has 5 rings (SSSR count). The number of halogens is 1. The summed E-state index contributed by atoms with van der Waals surface area (Å²) in [5.41, 5.74) is 2.15. The predicted octanol–water partition coefficient (Wildman–Crippen LogP) is 6.54. The van der Waals surface area contributed by atoms with Crippen LogP contribution in [0.4, 0.5) is 0 Å². The van der Waals surface area contributed by atoms with Crippen molar-refractivity contribution >= 4 is 33.1 Å². The Bertz CT molecular complexity index is 1350. The van der Waals surface area contributed by atoms with Crippen LogP contribution in [0, 0.1) is 5.92 Å². The highest BCUT2D eigenvalue weighted by Crippen LogP contribution is 2.58. The van der Waals surface area contributed by atoms with Crippen LogP contribution in [0.25, 0.3) is 5.57 Å². The molecule has 1 N–H and O–H groups in total. The Labute approximate surface area is 207 Å². The van der Waals surface area contributed by atoms with Crippen molar-refractivity contribution in [1.82, 2.24) is 0 Å². The first-order valence-corrected chi connectivity index (χ1v) is 12.0. The fraction of sp³-hybridized carbons (Fsp3) is 0.133. The van der Waals surface area contributed by atoms with Gasteiger partial charge in [0, 0.05) is 27.4 Å². The van der Waals surface area contributed by atoms with Gasteiger partial charge in [-0.1, -0.05) is 95.3 Å². The maximum Gasteiger partial charge on any atom is 0.168 e. The van der Waals surface area contributed by atoms with Gasteiger partial charge in [0.15, 0.2) is 11.6 Å². The molecule has 0 spiro atoms. The normalized spacial score (nSPS) is 24.1. The van der Waals surface area contributed by atoms with Gasteiger partial charge < -0.3 is 5.11 Å². The van der Waals surface area contributed by atoms with Gasteiger partial charge >= 0.3 is 0 Å². The monoisotopic (exact) mass is 510 g/mol. The molecule has 3 nitrogen and oxygen atoms in total. The highest BCUT2D eigenvalue weighted by molar-refractivity contribution is 9.10. The summed E-state index contributed by atoms with van der Waals surface area (Å²) >= 11 is 3.51. The zero-order valence-electron chi connectivity index (χ0n) is 18.4. The van der Waals surface area contributed by atoms with Crippen molar-refractivity contribution < 1.29 is 14.7 Å². The minimum Gasteiger partial charge on any atom is -0.508 e. The van der Waals surface area contributed by atoms with Gasteiger partial charge in [-0.3, -0.25) is 9.59 Å².